The Balaban J connectivity index is 2.03. The average molecular weight is 288 g/mol. The highest BCUT2D eigenvalue weighted by Crippen LogP contribution is 2.23. The van der Waals surface area contributed by atoms with Gasteiger partial charge in [-0.2, -0.15) is 0 Å². The van der Waals surface area contributed by atoms with Crippen molar-refractivity contribution < 1.29 is 14.3 Å². The van der Waals surface area contributed by atoms with Crippen LogP contribution in [0.4, 0.5) is 4.39 Å². The molecular weight excluding hydrogens is 275 g/mol. The molecule has 2 rings (SSSR count). The van der Waals surface area contributed by atoms with E-state index >= 15 is 0 Å². The number of halogens is 1. The minimum Gasteiger partial charge on any atom is -0.478 e. The van der Waals surface area contributed by atoms with Crippen LogP contribution in [-0.4, -0.2) is 11.1 Å². The molecule has 2 nitrogen and oxygen atoms in total. The van der Waals surface area contributed by atoms with Gasteiger partial charge in [0.2, 0.25) is 0 Å². The van der Waals surface area contributed by atoms with Gasteiger partial charge >= 0.3 is 5.97 Å². The van der Waals surface area contributed by atoms with Crippen molar-refractivity contribution in [3.05, 3.63) is 71.6 Å². The largest absolute Gasteiger partial charge is 0.478 e. The normalized spacial score (nSPS) is 10.8. The molecule has 0 fully saturated rings. The number of benzene rings is 2. The number of carboxylic acid groups (broad SMARTS) is 1. The van der Waals surface area contributed by atoms with Crippen LogP contribution in [0.1, 0.15) is 11.1 Å². The Labute approximate surface area is 121 Å². The molecule has 20 heavy (non-hydrogen) atoms. The second kappa shape index (κ2) is 6.91. The number of rotatable bonds is 5. The van der Waals surface area contributed by atoms with Crippen LogP contribution in [0, 0.1) is 5.82 Å². The highest BCUT2D eigenvalue weighted by Gasteiger charge is 1.99. The first-order valence-corrected chi connectivity index (χ1v) is 7.00. The molecule has 0 saturated carbocycles. The molecule has 1 N–H and O–H groups in total. The lowest BCUT2D eigenvalue weighted by Gasteiger charge is -2.03. The lowest BCUT2D eigenvalue weighted by atomic mass is 10.1. The van der Waals surface area contributed by atoms with Gasteiger partial charge in [0.25, 0.3) is 0 Å². The number of thioether (sulfide) groups is 1. The topological polar surface area (TPSA) is 37.3 Å². The van der Waals surface area contributed by atoms with Gasteiger partial charge in [-0.3, -0.25) is 0 Å². The second-order valence-electron chi connectivity index (χ2n) is 4.16. The van der Waals surface area contributed by atoms with E-state index < -0.39 is 5.97 Å². The van der Waals surface area contributed by atoms with E-state index in [9.17, 15) is 9.18 Å². The van der Waals surface area contributed by atoms with Gasteiger partial charge in [0, 0.05) is 16.7 Å². The van der Waals surface area contributed by atoms with E-state index in [1.54, 1.807) is 23.9 Å². The molecule has 0 bridgehead atoms. The van der Waals surface area contributed by atoms with Crippen molar-refractivity contribution in [3.8, 4) is 0 Å². The summed E-state index contributed by atoms with van der Waals surface area (Å²) in [4.78, 5) is 11.3. The molecule has 0 atom stereocenters. The molecule has 4 heteroatoms. The summed E-state index contributed by atoms with van der Waals surface area (Å²) in [5.74, 6) is -0.504. The Hall–Kier alpha value is -2.07. The average Bonchev–Trinajstić information content (AvgIpc) is 2.43. The van der Waals surface area contributed by atoms with Crippen LogP contribution in [0.2, 0.25) is 0 Å². The molecule has 2 aromatic rings. The molecule has 0 radical (unpaired) electrons. The third kappa shape index (κ3) is 4.55. The third-order valence-electron chi connectivity index (χ3n) is 2.57. The molecule has 0 saturated heterocycles. The van der Waals surface area contributed by atoms with E-state index in [2.05, 4.69) is 0 Å². The van der Waals surface area contributed by atoms with E-state index in [4.69, 9.17) is 5.11 Å². The molecule has 0 spiro atoms. The molecule has 0 amide bonds. The Morgan fingerprint density at radius 1 is 1.20 bits per heavy atom. The zero-order valence-corrected chi connectivity index (χ0v) is 11.4. The van der Waals surface area contributed by atoms with E-state index in [0.29, 0.717) is 5.75 Å². The Morgan fingerprint density at radius 2 is 2.00 bits per heavy atom. The maximum Gasteiger partial charge on any atom is 0.328 e. The smallest absolute Gasteiger partial charge is 0.328 e. The number of hydrogen-bond acceptors (Lipinski definition) is 2. The van der Waals surface area contributed by atoms with Gasteiger partial charge in [0.15, 0.2) is 0 Å². The van der Waals surface area contributed by atoms with Crippen LogP contribution in [0.3, 0.4) is 0 Å². The molecule has 0 aliphatic carbocycles. The number of carboxylic acids is 1. The highest BCUT2D eigenvalue weighted by atomic mass is 32.2. The van der Waals surface area contributed by atoms with Crippen molar-refractivity contribution in [2.45, 2.75) is 10.6 Å². The standard InChI is InChI=1S/C16H13FO2S/c17-14-5-2-6-15(10-14)20-11-13-4-1-3-12(9-13)7-8-16(18)19/h1-10H,11H2,(H,18,19)/b8-7+. The second-order valence-corrected chi connectivity index (χ2v) is 5.21. The van der Waals surface area contributed by atoms with Gasteiger partial charge in [-0.25, -0.2) is 9.18 Å². The van der Waals surface area contributed by atoms with Crippen LogP contribution in [-0.2, 0) is 10.5 Å². The predicted octanol–water partition coefficient (Wildman–Crippen LogP) is 4.22. The number of hydrogen-bond donors (Lipinski definition) is 1. The Kier molecular flexibility index (Phi) is 4.96. The first-order chi connectivity index (χ1) is 9.63. The summed E-state index contributed by atoms with van der Waals surface area (Å²) in [6.45, 7) is 0. The minimum absolute atomic E-state index is 0.242. The van der Waals surface area contributed by atoms with E-state index in [1.165, 1.54) is 12.1 Å². The van der Waals surface area contributed by atoms with Crippen molar-refractivity contribution in [2.75, 3.05) is 0 Å². The Bertz CT molecular complexity index is 638. The van der Waals surface area contributed by atoms with E-state index in [-0.39, 0.29) is 5.82 Å². The van der Waals surface area contributed by atoms with Crippen molar-refractivity contribution in [1.82, 2.24) is 0 Å². The SMILES string of the molecule is O=C(O)/C=C/c1cccc(CSc2cccc(F)c2)c1. The van der Waals surface area contributed by atoms with Gasteiger partial charge in [0.05, 0.1) is 0 Å². The summed E-state index contributed by atoms with van der Waals surface area (Å²) in [6.07, 6.45) is 2.66. The van der Waals surface area contributed by atoms with Crippen LogP contribution in [0.25, 0.3) is 6.08 Å². The van der Waals surface area contributed by atoms with Gasteiger partial charge < -0.3 is 5.11 Å². The molecule has 102 valence electrons. The number of aliphatic carboxylic acids is 1. The van der Waals surface area contributed by atoms with Crippen LogP contribution in [0.5, 0.6) is 0 Å². The molecule has 0 heterocycles. The fourth-order valence-electron chi connectivity index (χ4n) is 1.68. The maximum absolute atomic E-state index is 13.1. The van der Waals surface area contributed by atoms with Crippen molar-refractivity contribution in [1.29, 1.82) is 0 Å². The van der Waals surface area contributed by atoms with Crippen LogP contribution < -0.4 is 0 Å². The first-order valence-electron chi connectivity index (χ1n) is 6.02. The molecule has 0 aliphatic heterocycles. The lowest BCUT2D eigenvalue weighted by Crippen LogP contribution is -1.87. The summed E-state index contributed by atoms with van der Waals surface area (Å²) in [7, 11) is 0. The molecule has 0 aliphatic rings. The van der Waals surface area contributed by atoms with Crippen LogP contribution in [0.15, 0.2) is 59.5 Å². The predicted molar refractivity (Wildman–Crippen MR) is 79.1 cm³/mol. The molecule has 2 aromatic carbocycles. The maximum atomic E-state index is 13.1. The molecule has 0 unspecified atom stereocenters. The first kappa shape index (κ1) is 14.3. The summed E-state index contributed by atoms with van der Waals surface area (Å²) in [5.41, 5.74) is 1.90. The van der Waals surface area contributed by atoms with Crippen molar-refractivity contribution >= 4 is 23.8 Å². The van der Waals surface area contributed by atoms with Crippen LogP contribution >= 0.6 is 11.8 Å². The lowest BCUT2D eigenvalue weighted by molar-refractivity contribution is -0.131. The molecule has 0 aromatic heterocycles. The van der Waals surface area contributed by atoms with Gasteiger partial charge in [0.1, 0.15) is 5.82 Å². The number of carbonyl (C=O) groups is 1. The quantitative estimate of drug-likeness (QED) is 0.661. The highest BCUT2D eigenvalue weighted by molar-refractivity contribution is 7.98. The zero-order chi connectivity index (χ0) is 14.4. The third-order valence-corrected chi connectivity index (χ3v) is 3.64. The summed E-state index contributed by atoms with van der Waals surface area (Å²) >= 11 is 1.54. The van der Waals surface area contributed by atoms with Gasteiger partial charge in [-0.05, 0) is 35.4 Å². The monoisotopic (exact) mass is 288 g/mol. The molecular formula is C16H13FO2S. The van der Waals surface area contributed by atoms with Gasteiger partial charge in [-0.1, -0.05) is 30.3 Å². The van der Waals surface area contributed by atoms with Gasteiger partial charge in [-0.15, -0.1) is 11.8 Å². The zero-order valence-electron chi connectivity index (χ0n) is 10.6. The summed E-state index contributed by atoms with van der Waals surface area (Å²) < 4.78 is 13.1. The van der Waals surface area contributed by atoms with Crippen molar-refractivity contribution in [3.63, 3.8) is 0 Å². The Morgan fingerprint density at radius 3 is 2.75 bits per heavy atom. The summed E-state index contributed by atoms with van der Waals surface area (Å²) in [5, 5.41) is 8.60. The van der Waals surface area contributed by atoms with Crippen molar-refractivity contribution in [2.24, 2.45) is 0 Å². The fraction of sp³-hybridized carbons (Fsp3) is 0.0625. The van der Waals surface area contributed by atoms with E-state index in [0.717, 1.165) is 22.1 Å². The van der Waals surface area contributed by atoms with E-state index in [1.807, 2.05) is 30.3 Å². The summed E-state index contributed by atoms with van der Waals surface area (Å²) in [6, 6.07) is 14.1. The fourth-order valence-corrected chi connectivity index (χ4v) is 2.56. The minimum atomic E-state index is -0.968.